The lowest BCUT2D eigenvalue weighted by molar-refractivity contribution is 0.357. The lowest BCUT2D eigenvalue weighted by Gasteiger charge is -2.09. The van der Waals surface area contributed by atoms with Gasteiger partial charge < -0.3 is 10.1 Å². The van der Waals surface area contributed by atoms with Crippen LogP contribution < -0.4 is 10.1 Å². The average molecular weight is 258 g/mol. The van der Waals surface area contributed by atoms with Gasteiger partial charge in [-0.1, -0.05) is 0 Å². The van der Waals surface area contributed by atoms with Crippen molar-refractivity contribution >= 4 is 11.3 Å². The second-order valence-electron chi connectivity index (χ2n) is 4.74. The van der Waals surface area contributed by atoms with Crippen molar-refractivity contribution < 1.29 is 4.74 Å². The maximum atomic E-state index is 5.54. The summed E-state index contributed by atoms with van der Waals surface area (Å²) in [6, 6.07) is 6.44. The summed E-state index contributed by atoms with van der Waals surface area (Å²) in [5.41, 5.74) is 3.84. The number of aromatic nitrogens is 1. The SMILES string of the molecule is c1cc2c(cc1-c1nc3c(s1)CNCC3)CCO2. The Kier molecular flexibility index (Phi) is 2.38. The van der Waals surface area contributed by atoms with Gasteiger partial charge in [0.2, 0.25) is 0 Å². The molecule has 92 valence electrons. The first kappa shape index (κ1) is 10.5. The van der Waals surface area contributed by atoms with Gasteiger partial charge in [0.15, 0.2) is 0 Å². The minimum Gasteiger partial charge on any atom is -0.493 e. The van der Waals surface area contributed by atoms with Gasteiger partial charge in [0, 0.05) is 36.4 Å². The van der Waals surface area contributed by atoms with Crippen molar-refractivity contribution in [3.05, 3.63) is 34.3 Å². The third kappa shape index (κ3) is 1.64. The second kappa shape index (κ2) is 4.07. The molecule has 0 saturated carbocycles. The topological polar surface area (TPSA) is 34.2 Å². The van der Waals surface area contributed by atoms with Crippen LogP contribution in [0.4, 0.5) is 0 Å². The molecule has 1 aromatic carbocycles. The molecule has 0 bridgehead atoms. The van der Waals surface area contributed by atoms with Crippen LogP contribution in [0.2, 0.25) is 0 Å². The first-order chi connectivity index (χ1) is 8.90. The number of fused-ring (bicyclic) bond motifs is 2. The summed E-state index contributed by atoms with van der Waals surface area (Å²) in [4.78, 5) is 6.18. The van der Waals surface area contributed by atoms with E-state index in [0.29, 0.717) is 0 Å². The van der Waals surface area contributed by atoms with E-state index in [4.69, 9.17) is 9.72 Å². The number of benzene rings is 1. The molecule has 1 N–H and O–H groups in total. The molecule has 4 rings (SSSR count). The summed E-state index contributed by atoms with van der Waals surface area (Å²) >= 11 is 1.82. The number of nitrogens with zero attached hydrogens (tertiary/aromatic N) is 1. The minimum atomic E-state index is 0.817. The number of hydrogen-bond donors (Lipinski definition) is 1. The maximum absolute atomic E-state index is 5.54. The molecule has 0 atom stereocenters. The molecule has 0 radical (unpaired) electrons. The number of thiazole rings is 1. The van der Waals surface area contributed by atoms with E-state index in [9.17, 15) is 0 Å². The Bertz CT molecular complexity index is 582. The van der Waals surface area contributed by atoms with E-state index >= 15 is 0 Å². The summed E-state index contributed by atoms with van der Waals surface area (Å²) < 4.78 is 5.54. The predicted octanol–water partition coefficient (Wildman–Crippen LogP) is 2.39. The van der Waals surface area contributed by atoms with Crippen molar-refractivity contribution in [1.82, 2.24) is 10.3 Å². The van der Waals surface area contributed by atoms with Crippen LogP contribution >= 0.6 is 11.3 Å². The van der Waals surface area contributed by atoms with Crippen molar-refractivity contribution in [3.63, 3.8) is 0 Å². The monoisotopic (exact) mass is 258 g/mol. The number of nitrogens with one attached hydrogen (secondary N) is 1. The molecular formula is C14H14N2OS. The molecule has 0 aliphatic carbocycles. The van der Waals surface area contributed by atoms with Crippen molar-refractivity contribution in [2.75, 3.05) is 13.2 Å². The molecule has 0 fully saturated rings. The minimum absolute atomic E-state index is 0.817. The summed E-state index contributed by atoms with van der Waals surface area (Å²) in [6.07, 6.45) is 2.08. The molecular weight excluding hydrogens is 244 g/mol. The fourth-order valence-corrected chi connectivity index (χ4v) is 3.64. The normalized spacial score (nSPS) is 17.1. The Morgan fingerprint density at radius 3 is 3.22 bits per heavy atom. The van der Waals surface area contributed by atoms with Crippen LogP contribution in [-0.2, 0) is 19.4 Å². The highest BCUT2D eigenvalue weighted by Gasteiger charge is 2.18. The van der Waals surface area contributed by atoms with Gasteiger partial charge in [0.1, 0.15) is 10.8 Å². The van der Waals surface area contributed by atoms with Crippen LogP contribution in [0, 0.1) is 0 Å². The van der Waals surface area contributed by atoms with Crippen LogP contribution in [0.15, 0.2) is 18.2 Å². The Morgan fingerprint density at radius 1 is 1.28 bits per heavy atom. The van der Waals surface area contributed by atoms with Gasteiger partial charge >= 0.3 is 0 Å². The molecule has 4 heteroatoms. The van der Waals surface area contributed by atoms with E-state index in [1.54, 1.807) is 0 Å². The van der Waals surface area contributed by atoms with E-state index in [2.05, 4.69) is 23.5 Å². The highest BCUT2D eigenvalue weighted by molar-refractivity contribution is 7.15. The van der Waals surface area contributed by atoms with E-state index in [1.807, 2.05) is 11.3 Å². The first-order valence-corrected chi connectivity index (χ1v) is 7.17. The molecule has 0 saturated heterocycles. The fourth-order valence-electron chi connectivity index (χ4n) is 2.57. The molecule has 2 aromatic rings. The summed E-state index contributed by atoms with van der Waals surface area (Å²) in [5.74, 6) is 1.04. The quantitative estimate of drug-likeness (QED) is 0.853. The Labute approximate surface area is 110 Å². The summed E-state index contributed by atoms with van der Waals surface area (Å²) in [6.45, 7) is 2.84. The van der Waals surface area contributed by atoms with Gasteiger partial charge in [-0.05, 0) is 23.8 Å². The lowest BCUT2D eigenvalue weighted by Crippen LogP contribution is -2.22. The zero-order valence-electron chi connectivity index (χ0n) is 10.0. The molecule has 18 heavy (non-hydrogen) atoms. The van der Waals surface area contributed by atoms with Gasteiger partial charge in [0.05, 0.1) is 12.3 Å². The number of hydrogen-bond acceptors (Lipinski definition) is 4. The average Bonchev–Trinajstić information content (AvgIpc) is 3.04. The van der Waals surface area contributed by atoms with E-state index in [1.165, 1.54) is 21.7 Å². The zero-order chi connectivity index (χ0) is 11.9. The maximum Gasteiger partial charge on any atom is 0.123 e. The summed E-state index contributed by atoms with van der Waals surface area (Å²) in [5, 5.41) is 4.55. The molecule has 0 amide bonds. The van der Waals surface area contributed by atoms with Gasteiger partial charge in [0.25, 0.3) is 0 Å². The number of ether oxygens (including phenoxy) is 1. The van der Waals surface area contributed by atoms with Crippen LogP contribution in [0.25, 0.3) is 10.6 Å². The first-order valence-electron chi connectivity index (χ1n) is 6.35. The van der Waals surface area contributed by atoms with Crippen molar-refractivity contribution in [2.24, 2.45) is 0 Å². The highest BCUT2D eigenvalue weighted by atomic mass is 32.1. The Balaban J connectivity index is 1.76. The molecule has 3 nitrogen and oxygen atoms in total. The Morgan fingerprint density at radius 2 is 2.28 bits per heavy atom. The molecule has 1 aromatic heterocycles. The standard InChI is InChI=1S/C14H14N2OS/c1-2-12-9(4-6-17-12)7-10(1)14-16-11-3-5-15-8-13(11)18-14/h1-2,7,15H,3-6,8H2. The molecule has 0 unspecified atom stereocenters. The van der Waals surface area contributed by atoms with E-state index in [0.717, 1.165) is 43.3 Å². The van der Waals surface area contributed by atoms with Gasteiger partial charge in [-0.2, -0.15) is 0 Å². The van der Waals surface area contributed by atoms with Crippen LogP contribution in [-0.4, -0.2) is 18.1 Å². The molecule has 2 aliphatic heterocycles. The van der Waals surface area contributed by atoms with Gasteiger partial charge in [-0.15, -0.1) is 11.3 Å². The smallest absolute Gasteiger partial charge is 0.123 e. The summed E-state index contributed by atoms with van der Waals surface area (Å²) in [7, 11) is 0. The van der Waals surface area contributed by atoms with E-state index < -0.39 is 0 Å². The highest BCUT2D eigenvalue weighted by Crippen LogP contribution is 2.34. The lowest BCUT2D eigenvalue weighted by atomic mass is 10.1. The predicted molar refractivity (Wildman–Crippen MR) is 72.2 cm³/mol. The number of rotatable bonds is 1. The third-order valence-electron chi connectivity index (χ3n) is 3.54. The van der Waals surface area contributed by atoms with Crippen LogP contribution in [0.1, 0.15) is 16.1 Å². The van der Waals surface area contributed by atoms with E-state index in [-0.39, 0.29) is 0 Å². The largest absolute Gasteiger partial charge is 0.493 e. The Hall–Kier alpha value is -1.39. The fraction of sp³-hybridized carbons (Fsp3) is 0.357. The second-order valence-corrected chi connectivity index (χ2v) is 5.82. The van der Waals surface area contributed by atoms with Crippen molar-refractivity contribution in [1.29, 1.82) is 0 Å². The molecule has 2 aliphatic rings. The zero-order valence-corrected chi connectivity index (χ0v) is 10.8. The third-order valence-corrected chi connectivity index (χ3v) is 4.69. The van der Waals surface area contributed by atoms with Crippen LogP contribution in [0.5, 0.6) is 5.75 Å². The molecule has 3 heterocycles. The van der Waals surface area contributed by atoms with Crippen molar-refractivity contribution in [2.45, 2.75) is 19.4 Å². The van der Waals surface area contributed by atoms with Gasteiger partial charge in [-0.3, -0.25) is 0 Å². The van der Waals surface area contributed by atoms with Crippen LogP contribution in [0.3, 0.4) is 0 Å². The van der Waals surface area contributed by atoms with Crippen molar-refractivity contribution in [3.8, 4) is 16.3 Å². The molecule has 0 spiro atoms. The van der Waals surface area contributed by atoms with Gasteiger partial charge in [-0.25, -0.2) is 4.98 Å².